The van der Waals surface area contributed by atoms with E-state index < -0.39 is 4.92 Å². The molecule has 1 fully saturated rings. The molecule has 90 valence electrons. The maximum Gasteiger partial charge on any atom is 0.269 e. The monoisotopic (exact) mass is 235 g/mol. The second-order valence-electron chi connectivity index (χ2n) is 4.00. The molecule has 0 unspecified atom stereocenters. The fourth-order valence-electron chi connectivity index (χ4n) is 1.54. The molecule has 17 heavy (non-hydrogen) atoms. The molecule has 1 aromatic carbocycles. The van der Waals surface area contributed by atoms with Crippen LogP contribution in [0.25, 0.3) is 0 Å². The van der Waals surface area contributed by atoms with Crippen molar-refractivity contribution in [3.8, 4) is 0 Å². The Morgan fingerprint density at radius 1 is 1.41 bits per heavy atom. The van der Waals surface area contributed by atoms with Crippen molar-refractivity contribution in [2.24, 2.45) is 5.92 Å². The van der Waals surface area contributed by atoms with Crippen molar-refractivity contribution >= 4 is 11.6 Å². The SMILES string of the molecule is O=C(NCc1ccc([N+](=O)[O-])cc1)C1CNC1. The first-order valence-electron chi connectivity index (χ1n) is 5.38. The fourth-order valence-corrected chi connectivity index (χ4v) is 1.54. The summed E-state index contributed by atoms with van der Waals surface area (Å²) in [5.74, 6) is 0.0927. The van der Waals surface area contributed by atoms with Gasteiger partial charge in [0, 0.05) is 31.8 Å². The largest absolute Gasteiger partial charge is 0.352 e. The van der Waals surface area contributed by atoms with Crippen LogP contribution in [0.5, 0.6) is 0 Å². The average Bonchev–Trinajstić information content (AvgIpc) is 2.24. The number of nitro groups is 1. The number of hydrogen-bond donors (Lipinski definition) is 2. The summed E-state index contributed by atoms with van der Waals surface area (Å²) in [6.45, 7) is 1.87. The Labute approximate surface area is 98.2 Å². The molecule has 1 aromatic rings. The Morgan fingerprint density at radius 3 is 2.53 bits per heavy atom. The Morgan fingerprint density at radius 2 is 2.06 bits per heavy atom. The van der Waals surface area contributed by atoms with Gasteiger partial charge in [-0.05, 0) is 5.56 Å². The minimum atomic E-state index is -0.442. The van der Waals surface area contributed by atoms with E-state index in [-0.39, 0.29) is 17.5 Å². The molecule has 0 aromatic heterocycles. The van der Waals surface area contributed by atoms with Crippen LogP contribution in [0.1, 0.15) is 5.56 Å². The summed E-state index contributed by atoms with van der Waals surface area (Å²) in [6.07, 6.45) is 0. The molecule has 0 aliphatic carbocycles. The summed E-state index contributed by atoms with van der Waals surface area (Å²) in [4.78, 5) is 21.5. The van der Waals surface area contributed by atoms with Crippen molar-refractivity contribution in [3.63, 3.8) is 0 Å². The van der Waals surface area contributed by atoms with Gasteiger partial charge in [-0.25, -0.2) is 0 Å². The summed E-state index contributed by atoms with van der Waals surface area (Å²) in [7, 11) is 0. The molecular formula is C11H13N3O3. The van der Waals surface area contributed by atoms with Gasteiger partial charge in [0.1, 0.15) is 0 Å². The number of nitrogens with one attached hydrogen (secondary N) is 2. The maximum atomic E-state index is 11.5. The molecule has 0 bridgehead atoms. The third kappa shape index (κ3) is 2.79. The Bertz CT molecular complexity index is 426. The summed E-state index contributed by atoms with van der Waals surface area (Å²) in [5, 5.41) is 16.3. The second-order valence-corrected chi connectivity index (χ2v) is 4.00. The summed E-state index contributed by atoms with van der Waals surface area (Å²) < 4.78 is 0. The molecule has 2 N–H and O–H groups in total. The van der Waals surface area contributed by atoms with Crippen LogP contribution in [-0.2, 0) is 11.3 Å². The highest BCUT2D eigenvalue weighted by atomic mass is 16.6. The van der Waals surface area contributed by atoms with Crippen LogP contribution in [0.15, 0.2) is 24.3 Å². The van der Waals surface area contributed by atoms with E-state index in [1.165, 1.54) is 12.1 Å². The van der Waals surface area contributed by atoms with E-state index in [1.54, 1.807) is 12.1 Å². The van der Waals surface area contributed by atoms with E-state index in [0.29, 0.717) is 6.54 Å². The standard InChI is InChI=1S/C11H13N3O3/c15-11(9-6-12-7-9)13-5-8-1-3-10(4-2-8)14(16)17/h1-4,9,12H,5-7H2,(H,13,15). The Kier molecular flexibility index (Phi) is 3.34. The molecule has 6 nitrogen and oxygen atoms in total. The zero-order valence-electron chi connectivity index (χ0n) is 9.18. The molecular weight excluding hydrogens is 222 g/mol. The highest BCUT2D eigenvalue weighted by molar-refractivity contribution is 5.79. The first-order chi connectivity index (χ1) is 8.16. The number of non-ortho nitro benzene ring substituents is 1. The second kappa shape index (κ2) is 4.92. The van der Waals surface area contributed by atoms with Crippen LogP contribution in [0.2, 0.25) is 0 Å². The Balaban J connectivity index is 1.86. The van der Waals surface area contributed by atoms with Gasteiger partial charge in [0.05, 0.1) is 10.8 Å². The van der Waals surface area contributed by atoms with E-state index in [2.05, 4.69) is 10.6 Å². The van der Waals surface area contributed by atoms with Crippen molar-refractivity contribution in [1.29, 1.82) is 0 Å². The van der Waals surface area contributed by atoms with Crippen LogP contribution >= 0.6 is 0 Å². The van der Waals surface area contributed by atoms with Crippen LogP contribution in [0.4, 0.5) is 5.69 Å². The van der Waals surface area contributed by atoms with Crippen molar-refractivity contribution in [1.82, 2.24) is 10.6 Å². The lowest BCUT2D eigenvalue weighted by Gasteiger charge is -2.25. The average molecular weight is 235 g/mol. The van der Waals surface area contributed by atoms with Crippen molar-refractivity contribution in [2.45, 2.75) is 6.54 Å². The Hall–Kier alpha value is -1.95. The number of nitro benzene ring substituents is 1. The topological polar surface area (TPSA) is 84.3 Å². The van der Waals surface area contributed by atoms with Gasteiger partial charge in [-0.2, -0.15) is 0 Å². The predicted octanol–water partition coefficient (Wildman–Crippen LogP) is 0.430. The summed E-state index contributed by atoms with van der Waals surface area (Å²) >= 11 is 0. The number of benzene rings is 1. The lowest BCUT2D eigenvalue weighted by Crippen LogP contribution is -2.50. The minimum absolute atomic E-state index is 0.0297. The highest BCUT2D eigenvalue weighted by Crippen LogP contribution is 2.12. The molecule has 2 rings (SSSR count). The van der Waals surface area contributed by atoms with Crippen LogP contribution in [0, 0.1) is 16.0 Å². The van der Waals surface area contributed by atoms with Gasteiger partial charge in [-0.1, -0.05) is 12.1 Å². The van der Waals surface area contributed by atoms with E-state index in [0.717, 1.165) is 18.7 Å². The molecule has 1 saturated heterocycles. The lowest BCUT2D eigenvalue weighted by molar-refractivity contribution is -0.384. The predicted molar refractivity (Wildman–Crippen MR) is 61.3 cm³/mol. The van der Waals surface area contributed by atoms with Crippen LogP contribution < -0.4 is 10.6 Å². The molecule has 0 spiro atoms. The lowest BCUT2D eigenvalue weighted by atomic mass is 10.0. The number of carbonyl (C=O) groups is 1. The van der Waals surface area contributed by atoms with Crippen LogP contribution in [0.3, 0.4) is 0 Å². The molecule has 0 atom stereocenters. The quantitative estimate of drug-likeness (QED) is 0.585. The fraction of sp³-hybridized carbons (Fsp3) is 0.364. The number of nitrogens with zero attached hydrogens (tertiary/aromatic N) is 1. The first-order valence-corrected chi connectivity index (χ1v) is 5.38. The number of carbonyl (C=O) groups excluding carboxylic acids is 1. The van der Waals surface area contributed by atoms with Gasteiger partial charge >= 0.3 is 0 Å². The third-order valence-corrected chi connectivity index (χ3v) is 2.77. The molecule has 1 aliphatic heterocycles. The van der Waals surface area contributed by atoms with Gasteiger partial charge in [-0.15, -0.1) is 0 Å². The third-order valence-electron chi connectivity index (χ3n) is 2.77. The van der Waals surface area contributed by atoms with Crippen molar-refractivity contribution in [3.05, 3.63) is 39.9 Å². The van der Waals surface area contributed by atoms with Gasteiger partial charge in [0.2, 0.25) is 5.91 Å². The normalized spacial score (nSPS) is 15.1. The van der Waals surface area contributed by atoms with E-state index in [4.69, 9.17) is 0 Å². The number of rotatable bonds is 4. The van der Waals surface area contributed by atoms with Gasteiger partial charge in [-0.3, -0.25) is 14.9 Å². The smallest absolute Gasteiger partial charge is 0.269 e. The molecule has 0 saturated carbocycles. The molecule has 6 heteroatoms. The van der Waals surface area contributed by atoms with Gasteiger partial charge in [0.25, 0.3) is 5.69 Å². The zero-order valence-corrected chi connectivity index (χ0v) is 9.18. The van der Waals surface area contributed by atoms with Crippen LogP contribution in [-0.4, -0.2) is 23.9 Å². The molecule has 1 amide bonds. The number of hydrogen-bond acceptors (Lipinski definition) is 4. The molecule has 1 heterocycles. The van der Waals surface area contributed by atoms with Crippen molar-refractivity contribution in [2.75, 3.05) is 13.1 Å². The minimum Gasteiger partial charge on any atom is -0.352 e. The van der Waals surface area contributed by atoms with E-state index >= 15 is 0 Å². The first kappa shape index (κ1) is 11.5. The molecule has 0 radical (unpaired) electrons. The summed E-state index contributed by atoms with van der Waals surface area (Å²) in [6, 6.07) is 6.17. The molecule has 1 aliphatic rings. The van der Waals surface area contributed by atoms with Gasteiger partial charge in [0.15, 0.2) is 0 Å². The van der Waals surface area contributed by atoms with E-state index in [1.807, 2.05) is 0 Å². The van der Waals surface area contributed by atoms with Crippen molar-refractivity contribution < 1.29 is 9.72 Å². The number of amides is 1. The highest BCUT2D eigenvalue weighted by Gasteiger charge is 2.24. The van der Waals surface area contributed by atoms with Gasteiger partial charge < -0.3 is 10.6 Å². The summed E-state index contributed by atoms with van der Waals surface area (Å²) in [5.41, 5.74) is 0.916. The van der Waals surface area contributed by atoms with E-state index in [9.17, 15) is 14.9 Å². The maximum absolute atomic E-state index is 11.5. The zero-order chi connectivity index (χ0) is 12.3.